The second kappa shape index (κ2) is 8.39. The summed E-state index contributed by atoms with van der Waals surface area (Å²) in [6, 6.07) is 17.8. The third-order valence-corrected chi connectivity index (χ3v) is 5.59. The number of benzene rings is 2. The van der Waals surface area contributed by atoms with Crippen LogP contribution in [0.5, 0.6) is 5.88 Å². The molecule has 4 nitrogen and oxygen atoms in total. The van der Waals surface area contributed by atoms with Crippen LogP contribution in [0.3, 0.4) is 0 Å². The number of rotatable bonds is 5. The Morgan fingerprint density at radius 3 is 2.68 bits per heavy atom. The van der Waals surface area contributed by atoms with Gasteiger partial charge in [0.25, 0.3) is 0 Å². The molecule has 0 amide bonds. The van der Waals surface area contributed by atoms with E-state index >= 15 is 0 Å². The molecular formula is C22H21Cl2N3O. The molecule has 1 atom stereocenters. The van der Waals surface area contributed by atoms with Gasteiger partial charge in [0, 0.05) is 42.0 Å². The van der Waals surface area contributed by atoms with E-state index in [4.69, 9.17) is 33.7 Å². The average Bonchev–Trinajstić information content (AvgIpc) is 3.18. The van der Waals surface area contributed by atoms with Gasteiger partial charge < -0.3 is 15.4 Å². The number of hydrogen-bond donors (Lipinski definition) is 1. The van der Waals surface area contributed by atoms with E-state index in [1.54, 1.807) is 18.3 Å². The number of nitrogens with zero attached hydrogens (tertiary/aromatic N) is 2. The molecule has 1 aliphatic rings. The molecule has 1 aromatic heterocycles. The first-order valence-electron chi connectivity index (χ1n) is 9.25. The third-order valence-electron chi connectivity index (χ3n) is 4.97. The molecule has 144 valence electrons. The predicted molar refractivity (Wildman–Crippen MR) is 115 cm³/mol. The normalized spacial score (nSPS) is 16.4. The molecule has 1 unspecified atom stereocenters. The van der Waals surface area contributed by atoms with E-state index < -0.39 is 0 Å². The SMILES string of the molecule is NCc1cc(-c2ccccc2Cl)ccc1N1CCC(Oc2ncccc2Cl)C1. The number of hydrogen-bond acceptors (Lipinski definition) is 4. The van der Waals surface area contributed by atoms with Gasteiger partial charge in [-0.2, -0.15) is 0 Å². The van der Waals surface area contributed by atoms with Crippen LogP contribution in [-0.4, -0.2) is 24.2 Å². The van der Waals surface area contributed by atoms with Crippen molar-refractivity contribution in [2.45, 2.75) is 19.1 Å². The highest BCUT2D eigenvalue weighted by Gasteiger charge is 2.26. The maximum atomic E-state index is 6.36. The molecule has 28 heavy (non-hydrogen) atoms. The Hall–Kier alpha value is -2.27. The van der Waals surface area contributed by atoms with Crippen LogP contribution in [-0.2, 0) is 6.54 Å². The first kappa shape index (κ1) is 19.1. The summed E-state index contributed by atoms with van der Waals surface area (Å²) in [4.78, 5) is 6.53. The highest BCUT2D eigenvalue weighted by Crippen LogP contribution is 2.33. The fraction of sp³-hybridized carbons (Fsp3) is 0.227. The monoisotopic (exact) mass is 413 g/mol. The van der Waals surface area contributed by atoms with Crippen molar-refractivity contribution in [3.05, 3.63) is 76.4 Å². The molecule has 4 rings (SSSR count). The van der Waals surface area contributed by atoms with E-state index in [-0.39, 0.29) is 6.10 Å². The van der Waals surface area contributed by atoms with Gasteiger partial charge in [-0.3, -0.25) is 0 Å². The van der Waals surface area contributed by atoms with Gasteiger partial charge in [-0.1, -0.05) is 47.5 Å². The maximum Gasteiger partial charge on any atom is 0.232 e. The van der Waals surface area contributed by atoms with Crippen LogP contribution in [0.25, 0.3) is 11.1 Å². The first-order valence-corrected chi connectivity index (χ1v) is 10.0. The van der Waals surface area contributed by atoms with E-state index in [2.05, 4.69) is 28.1 Å². The number of nitrogens with two attached hydrogens (primary N) is 1. The number of aromatic nitrogens is 1. The Morgan fingerprint density at radius 2 is 1.89 bits per heavy atom. The first-order chi connectivity index (χ1) is 13.7. The van der Waals surface area contributed by atoms with Gasteiger partial charge >= 0.3 is 0 Å². The van der Waals surface area contributed by atoms with Crippen LogP contribution in [0, 0.1) is 0 Å². The number of halogens is 2. The summed E-state index contributed by atoms with van der Waals surface area (Å²) >= 11 is 12.5. The molecule has 2 heterocycles. The largest absolute Gasteiger partial charge is 0.471 e. The van der Waals surface area contributed by atoms with Crippen molar-refractivity contribution in [2.75, 3.05) is 18.0 Å². The molecule has 0 aliphatic carbocycles. The lowest BCUT2D eigenvalue weighted by atomic mass is 10.0. The topological polar surface area (TPSA) is 51.4 Å². The van der Waals surface area contributed by atoms with E-state index in [9.17, 15) is 0 Å². The molecule has 1 aliphatic heterocycles. The summed E-state index contributed by atoms with van der Waals surface area (Å²) in [6.45, 7) is 2.13. The van der Waals surface area contributed by atoms with Crippen LogP contribution in [0.15, 0.2) is 60.8 Å². The Kier molecular flexibility index (Phi) is 5.72. The van der Waals surface area contributed by atoms with Crippen molar-refractivity contribution >= 4 is 28.9 Å². The third kappa shape index (κ3) is 3.95. The summed E-state index contributed by atoms with van der Waals surface area (Å²) in [6.07, 6.45) is 2.64. The van der Waals surface area contributed by atoms with Crippen molar-refractivity contribution in [3.63, 3.8) is 0 Å². The highest BCUT2D eigenvalue weighted by atomic mass is 35.5. The maximum absolute atomic E-state index is 6.36. The van der Waals surface area contributed by atoms with Gasteiger partial charge in [-0.15, -0.1) is 0 Å². The Morgan fingerprint density at radius 1 is 1.07 bits per heavy atom. The fourth-order valence-electron chi connectivity index (χ4n) is 3.58. The van der Waals surface area contributed by atoms with Crippen LogP contribution < -0.4 is 15.4 Å². The minimum Gasteiger partial charge on any atom is -0.471 e. The fourth-order valence-corrected chi connectivity index (χ4v) is 3.99. The van der Waals surface area contributed by atoms with Gasteiger partial charge in [0.05, 0.1) is 6.54 Å². The lowest BCUT2D eigenvalue weighted by molar-refractivity contribution is 0.216. The predicted octanol–water partition coefficient (Wildman–Crippen LogP) is 5.17. The summed E-state index contributed by atoms with van der Waals surface area (Å²) in [5, 5.41) is 1.27. The zero-order chi connectivity index (χ0) is 19.5. The van der Waals surface area contributed by atoms with Crippen LogP contribution >= 0.6 is 23.2 Å². The van der Waals surface area contributed by atoms with Gasteiger partial charge in [0.1, 0.15) is 11.1 Å². The Bertz CT molecular complexity index is 980. The van der Waals surface area contributed by atoms with Crippen molar-refractivity contribution in [1.82, 2.24) is 4.98 Å². The van der Waals surface area contributed by atoms with Gasteiger partial charge in [0.15, 0.2) is 0 Å². The van der Waals surface area contributed by atoms with Gasteiger partial charge in [0.2, 0.25) is 5.88 Å². The molecule has 0 spiro atoms. The molecule has 2 N–H and O–H groups in total. The zero-order valence-corrected chi connectivity index (χ0v) is 16.8. The van der Waals surface area contributed by atoms with E-state index in [1.807, 2.05) is 24.3 Å². The zero-order valence-electron chi connectivity index (χ0n) is 15.3. The van der Waals surface area contributed by atoms with E-state index in [0.717, 1.165) is 46.9 Å². The quantitative estimate of drug-likeness (QED) is 0.626. The van der Waals surface area contributed by atoms with Crippen LogP contribution in [0.1, 0.15) is 12.0 Å². The van der Waals surface area contributed by atoms with Crippen molar-refractivity contribution < 1.29 is 4.74 Å². The standard InChI is InChI=1S/C22H21Cl2N3O/c23-19-5-2-1-4-18(19)15-7-8-21(16(12-15)13-25)27-11-9-17(14-27)28-22-20(24)6-3-10-26-22/h1-8,10,12,17H,9,11,13-14,25H2. The minimum atomic E-state index is 0.0428. The van der Waals surface area contributed by atoms with Crippen LogP contribution in [0.4, 0.5) is 5.69 Å². The van der Waals surface area contributed by atoms with Crippen molar-refractivity contribution in [2.24, 2.45) is 5.73 Å². The van der Waals surface area contributed by atoms with Gasteiger partial charge in [-0.25, -0.2) is 4.98 Å². The lowest BCUT2D eigenvalue weighted by Gasteiger charge is -2.22. The Labute approximate surface area is 174 Å². The summed E-state index contributed by atoms with van der Waals surface area (Å²) in [7, 11) is 0. The molecule has 1 saturated heterocycles. The second-order valence-corrected chi connectivity index (χ2v) is 7.61. The molecule has 2 aromatic carbocycles. The van der Waals surface area contributed by atoms with E-state index in [1.165, 1.54) is 0 Å². The van der Waals surface area contributed by atoms with Crippen molar-refractivity contribution in [3.8, 4) is 17.0 Å². The molecule has 6 heteroatoms. The lowest BCUT2D eigenvalue weighted by Crippen LogP contribution is -2.26. The summed E-state index contributed by atoms with van der Waals surface area (Å²) in [5.74, 6) is 0.490. The molecule has 0 radical (unpaired) electrons. The Balaban J connectivity index is 1.53. The molecular weight excluding hydrogens is 393 g/mol. The smallest absolute Gasteiger partial charge is 0.232 e. The summed E-state index contributed by atoms with van der Waals surface area (Å²) in [5.41, 5.74) is 10.4. The second-order valence-electron chi connectivity index (χ2n) is 6.79. The highest BCUT2D eigenvalue weighted by molar-refractivity contribution is 6.33. The average molecular weight is 414 g/mol. The molecule has 0 bridgehead atoms. The summed E-state index contributed by atoms with van der Waals surface area (Å²) < 4.78 is 6.01. The van der Waals surface area contributed by atoms with Crippen LogP contribution in [0.2, 0.25) is 10.0 Å². The number of ether oxygens (including phenoxy) is 1. The molecule has 0 saturated carbocycles. The molecule has 3 aromatic rings. The molecule has 1 fully saturated rings. The van der Waals surface area contributed by atoms with Gasteiger partial charge in [-0.05, 0) is 41.5 Å². The number of anilines is 1. The van der Waals surface area contributed by atoms with E-state index in [0.29, 0.717) is 17.4 Å². The van der Waals surface area contributed by atoms with Crippen molar-refractivity contribution in [1.29, 1.82) is 0 Å². The minimum absolute atomic E-state index is 0.0428. The number of pyridine rings is 1.